The molecule has 1 N–H and O–H groups in total. The van der Waals surface area contributed by atoms with Crippen LogP contribution < -0.4 is 0 Å². The van der Waals surface area contributed by atoms with Crippen LogP contribution in [-0.2, 0) is 4.79 Å². The summed E-state index contributed by atoms with van der Waals surface area (Å²) >= 11 is 0. The summed E-state index contributed by atoms with van der Waals surface area (Å²) < 4.78 is 0. The molecule has 110 valence electrons. The minimum Gasteiger partial charge on any atom is -0.481 e. The van der Waals surface area contributed by atoms with E-state index in [9.17, 15) is 4.79 Å². The lowest BCUT2D eigenvalue weighted by Gasteiger charge is -2.55. The van der Waals surface area contributed by atoms with Crippen LogP contribution in [0.1, 0.15) is 65.2 Å². The molecule has 0 aromatic heterocycles. The van der Waals surface area contributed by atoms with Crippen LogP contribution in [0.3, 0.4) is 0 Å². The number of carboxylic acid groups (broad SMARTS) is 1. The minimum absolute atomic E-state index is 0.0754. The normalized spacial score (nSPS) is 30.8. The Morgan fingerprint density at radius 1 is 1.11 bits per heavy atom. The minimum atomic E-state index is -0.589. The number of nitrogens with zero attached hydrogens (tertiary/aromatic N) is 1. The van der Waals surface area contributed by atoms with Crippen molar-refractivity contribution in [3.63, 3.8) is 0 Å². The van der Waals surface area contributed by atoms with Gasteiger partial charge in [0.1, 0.15) is 0 Å². The Kier molecular flexibility index (Phi) is 4.88. The Labute approximate surface area is 117 Å². The van der Waals surface area contributed by atoms with E-state index in [-0.39, 0.29) is 5.92 Å². The Balaban J connectivity index is 1.79. The Morgan fingerprint density at radius 2 is 1.63 bits per heavy atom. The van der Waals surface area contributed by atoms with Gasteiger partial charge in [0.25, 0.3) is 0 Å². The van der Waals surface area contributed by atoms with Crippen molar-refractivity contribution < 1.29 is 9.90 Å². The highest BCUT2D eigenvalue weighted by Crippen LogP contribution is 2.43. The Hall–Kier alpha value is -0.570. The fraction of sp³-hybridized carbons (Fsp3) is 0.938. The van der Waals surface area contributed by atoms with Gasteiger partial charge in [-0.3, -0.25) is 9.69 Å². The van der Waals surface area contributed by atoms with Gasteiger partial charge in [-0.05, 0) is 43.9 Å². The Bertz CT molecular complexity index is 294. The first-order chi connectivity index (χ1) is 9.10. The van der Waals surface area contributed by atoms with Crippen LogP contribution >= 0.6 is 0 Å². The van der Waals surface area contributed by atoms with Gasteiger partial charge in [0, 0.05) is 19.1 Å². The molecule has 0 amide bonds. The molecule has 2 rings (SSSR count). The molecule has 0 atom stereocenters. The van der Waals surface area contributed by atoms with Crippen LogP contribution in [0.5, 0.6) is 0 Å². The summed E-state index contributed by atoms with van der Waals surface area (Å²) in [7, 11) is 0. The van der Waals surface area contributed by atoms with Crippen molar-refractivity contribution in [1.29, 1.82) is 0 Å². The van der Waals surface area contributed by atoms with Gasteiger partial charge in [0.05, 0.1) is 5.92 Å². The van der Waals surface area contributed by atoms with E-state index < -0.39 is 5.97 Å². The van der Waals surface area contributed by atoms with Gasteiger partial charge in [-0.15, -0.1) is 0 Å². The van der Waals surface area contributed by atoms with Gasteiger partial charge in [0.2, 0.25) is 0 Å². The zero-order valence-electron chi connectivity index (χ0n) is 12.5. The molecule has 1 aliphatic heterocycles. The smallest absolute Gasteiger partial charge is 0.306 e. The van der Waals surface area contributed by atoms with Crippen LogP contribution in [0.4, 0.5) is 0 Å². The van der Waals surface area contributed by atoms with E-state index in [0.717, 1.165) is 25.7 Å². The first-order valence-electron chi connectivity index (χ1n) is 8.07. The molecule has 0 unspecified atom stereocenters. The van der Waals surface area contributed by atoms with E-state index in [4.69, 9.17) is 5.11 Å². The van der Waals surface area contributed by atoms with Crippen LogP contribution in [0.2, 0.25) is 0 Å². The lowest BCUT2D eigenvalue weighted by molar-refractivity contribution is -0.143. The maximum absolute atomic E-state index is 11.0. The van der Waals surface area contributed by atoms with Crippen molar-refractivity contribution in [1.82, 2.24) is 4.90 Å². The quantitative estimate of drug-likeness (QED) is 0.800. The lowest BCUT2D eigenvalue weighted by Crippen LogP contribution is -2.60. The number of carbonyl (C=O) groups is 1. The maximum atomic E-state index is 11.0. The molecule has 3 heteroatoms. The summed E-state index contributed by atoms with van der Waals surface area (Å²) in [6, 6.07) is 0.664. The predicted molar refractivity (Wildman–Crippen MR) is 77.2 cm³/mol. The molecule has 1 saturated heterocycles. The lowest BCUT2D eigenvalue weighted by atomic mass is 9.70. The second-order valence-corrected chi connectivity index (χ2v) is 6.75. The third-order valence-electron chi connectivity index (χ3n) is 5.20. The van der Waals surface area contributed by atoms with E-state index in [1.807, 2.05) is 0 Å². The molecule has 0 spiro atoms. The molecule has 2 aliphatic rings. The zero-order valence-corrected chi connectivity index (χ0v) is 12.5. The van der Waals surface area contributed by atoms with Gasteiger partial charge >= 0.3 is 5.97 Å². The van der Waals surface area contributed by atoms with Crippen molar-refractivity contribution in [2.75, 3.05) is 13.1 Å². The molecule has 3 nitrogen and oxygen atoms in total. The SMILES string of the molecule is CCCC1(CCC)CN(C2CCC(C(=O)O)CC2)C1. The molecule has 2 fully saturated rings. The summed E-state index contributed by atoms with van der Waals surface area (Å²) in [6.07, 6.45) is 9.25. The highest BCUT2D eigenvalue weighted by Gasteiger charge is 2.44. The van der Waals surface area contributed by atoms with E-state index in [1.165, 1.54) is 38.8 Å². The van der Waals surface area contributed by atoms with Crippen LogP contribution in [0, 0.1) is 11.3 Å². The summed E-state index contributed by atoms with van der Waals surface area (Å²) in [5.74, 6) is -0.665. The average Bonchev–Trinajstić information content (AvgIpc) is 2.36. The first kappa shape index (κ1) is 14.8. The number of hydrogen-bond acceptors (Lipinski definition) is 2. The molecule has 19 heavy (non-hydrogen) atoms. The average molecular weight is 267 g/mol. The van der Waals surface area contributed by atoms with Gasteiger partial charge in [-0.2, -0.15) is 0 Å². The number of aliphatic carboxylic acids is 1. The third-order valence-corrected chi connectivity index (χ3v) is 5.20. The van der Waals surface area contributed by atoms with Crippen molar-refractivity contribution >= 4 is 5.97 Å². The van der Waals surface area contributed by atoms with E-state index in [2.05, 4.69) is 18.7 Å². The van der Waals surface area contributed by atoms with Crippen LogP contribution in [0.15, 0.2) is 0 Å². The largest absolute Gasteiger partial charge is 0.481 e. The second-order valence-electron chi connectivity index (χ2n) is 6.75. The van der Waals surface area contributed by atoms with Gasteiger partial charge < -0.3 is 5.11 Å². The molecular formula is C16H29NO2. The topological polar surface area (TPSA) is 40.5 Å². The van der Waals surface area contributed by atoms with Crippen LogP contribution in [0.25, 0.3) is 0 Å². The van der Waals surface area contributed by atoms with Crippen LogP contribution in [-0.4, -0.2) is 35.1 Å². The second kappa shape index (κ2) is 6.25. The summed E-state index contributed by atoms with van der Waals surface area (Å²) in [5, 5.41) is 9.04. The third kappa shape index (κ3) is 3.31. The van der Waals surface area contributed by atoms with Gasteiger partial charge in [-0.25, -0.2) is 0 Å². The number of hydrogen-bond donors (Lipinski definition) is 1. The summed E-state index contributed by atoms with van der Waals surface area (Å²) in [6.45, 7) is 7.10. The maximum Gasteiger partial charge on any atom is 0.306 e. The molecule has 1 saturated carbocycles. The van der Waals surface area contributed by atoms with Crippen molar-refractivity contribution in [2.45, 2.75) is 71.3 Å². The molecule has 0 bridgehead atoms. The van der Waals surface area contributed by atoms with E-state index >= 15 is 0 Å². The van der Waals surface area contributed by atoms with Crippen molar-refractivity contribution in [3.8, 4) is 0 Å². The number of likely N-dealkylation sites (tertiary alicyclic amines) is 1. The standard InChI is InChI=1S/C16H29NO2/c1-3-9-16(10-4-2)11-17(12-16)14-7-5-13(6-8-14)15(18)19/h13-14H,3-12H2,1-2H3,(H,18,19). The van der Waals surface area contributed by atoms with E-state index in [1.54, 1.807) is 0 Å². The summed E-state index contributed by atoms with van der Waals surface area (Å²) in [5.41, 5.74) is 0.590. The Morgan fingerprint density at radius 3 is 2.05 bits per heavy atom. The van der Waals surface area contributed by atoms with Gasteiger partial charge in [0.15, 0.2) is 0 Å². The molecule has 1 aliphatic carbocycles. The fourth-order valence-electron chi connectivity index (χ4n) is 4.26. The van der Waals surface area contributed by atoms with Crippen molar-refractivity contribution in [2.24, 2.45) is 11.3 Å². The monoisotopic (exact) mass is 267 g/mol. The summed E-state index contributed by atoms with van der Waals surface area (Å²) in [4.78, 5) is 13.6. The number of carboxylic acids is 1. The molecule has 0 radical (unpaired) electrons. The fourth-order valence-corrected chi connectivity index (χ4v) is 4.26. The molecule has 0 aromatic rings. The van der Waals surface area contributed by atoms with Crippen molar-refractivity contribution in [3.05, 3.63) is 0 Å². The van der Waals surface area contributed by atoms with E-state index in [0.29, 0.717) is 11.5 Å². The molecular weight excluding hydrogens is 238 g/mol. The molecule has 0 aromatic carbocycles. The van der Waals surface area contributed by atoms with Gasteiger partial charge in [-0.1, -0.05) is 26.7 Å². The number of rotatable bonds is 6. The first-order valence-corrected chi connectivity index (χ1v) is 8.07. The molecule has 1 heterocycles. The highest BCUT2D eigenvalue weighted by molar-refractivity contribution is 5.70. The predicted octanol–water partition coefficient (Wildman–Crippen LogP) is 3.53. The highest BCUT2D eigenvalue weighted by atomic mass is 16.4. The zero-order chi connectivity index (χ0) is 13.9.